The van der Waals surface area contributed by atoms with Gasteiger partial charge in [-0.15, -0.1) is 0 Å². The van der Waals surface area contributed by atoms with E-state index in [1.165, 1.54) is 0 Å². The molecule has 0 amide bonds. The van der Waals surface area contributed by atoms with Gasteiger partial charge in [-0.25, -0.2) is 0 Å². The molecule has 0 rings (SSSR count). The van der Waals surface area contributed by atoms with Crippen LogP contribution in [-0.2, 0) is 28.4 Å². The first-order chi connectivity index (χ1) is 10.4. The lowest BCUT2D eigenvalue weighted by atomic mass is 10.6. The predicted molar refractivity (Wildman–Crippen MR) is 79.9 cm³/mol. The Hall–Kier alpha value is -0.280. The highest BCUT2D eigenvalue weighted by atomic mass is 16.6. The van der Waals surface area contributed by atoms with E-state index in [0.29, 0.717) is 72.7 Å². The van der Waals surface area contributed by atoms with Crippen molar-refractivity contribution in [1.82, 2.24) is 5.32 Å². The number of rotatable bonds is 18. The third kappa shape index (κ3) is 19.7. The molecule has 0 bridgehead atoms. The standard InChI is InChI=1S/C14H31NO6/c1-15-3-4-17-7-8-19-11-12-21-14-13-20-10-9-18-6-5-16-2/h15H,3-14H2,1-2H3. The molecular formula is C14H31NO6. The minimum absolute atomic E-state index is 0.570. The Bertz CT molecular complexity index is 167. The van der Waals surface area contributed by atoms with Crippen LogP contribution in [0.5, 0.6) is 0 Å². The molecule has 7 heteroatoms. The summed E-state index contributed by atoms with van der Waals surface area (Å²) in [6.07, 6.45) is 0. The number of ether oxygens (including phenoxy) is 6. The van der Waals surface area contributed by atoms with Gasteiger partial charge in [-0.1, -0.05) is 0 Å². The second kappa shape index (κ2) is 19.7. The van der Waals surface area contributed by atoms with Crippen molar-refractivity contribution in [1.29, 1.82) is 0 Å². The summed E-state index contributed by atoms with van der Waals surface area (Å²) in [5.74, 6) is 0. The molecule has 1 N–H and O–H groups in total. The van der Waals surface area contributed by atoms with Gasteiger partial charge in [0.15, 0.2) is 0 Å². The maximum Gasteiger partial charge on any atom is 0.0701 e. The topological polar surface area (TPSA) is 67.4 Å². The Morgan fingerprint density at radius 1 is 0.524 bits per heavy atom. The minimum atomic E-state index is 0.570. The molecule has 0 saturated carbocycles. The average Bonchev–Trinajstić information content (AvgIpc) is 2.50. The van der Waals surface area contributed by atoms with E-state index in [0.717, 1.165) is 6.54 Å². The van der Waals surface area contributed by atoms with Crippen molar-refractivity contribution in [3.8, 4) is 0 Å². The molecule has 0 spiro atoms. The summed E-state index contributed by atoms with van der Waals surface area (Å²) in [4.78, 5) is 0. The SMILES string of the molecule is CNCCOCCOCCOCCOCCOCCOC. The third-order valence-corrected chi connectivity index (χ3v) is 2.42. The van der Waals surface area contributed by atoms with E-state index < -0.39 is 0 Å². The zero-order valence-electron chi connectivity index (χ0n) is 13.4. The number of nitrogens with one attached hydrogen (secondary N) is 1. The fourth-order valence-electron chi connectivity index (χ4n) is 1.30. The highest BCUT2D eigenvalue weighted by Crippen LogP contribution is 1.83. The van der Waals surface area contributed by atoms with E-state index in [1.807, 2.05) is 7.05 Å². The van der Waals surface area contributed by atoms with Crippen molar-refractivity contribution in [3.05, 3.63) is 0 Å². The molecule has 0 aromatic carbocycles. The van der Waals surface area contributed by atoms with E-state index in [2.05, 4.69) is 5.32 Å². The number of hydrogen-bond acceptors (Lipinski definition) is 7. The van der Waals surface area contributed by atoms with E-state index in [-0.39, 0.29) is 0 Å². The first-order valence-corrected chi connectivity index (χ1v) is 7.44. The quantitative estimate of drug-likeness (QED) is 0.356. The normalized spacial score (nSPS) is 11.1. The van der Waals surface area contributed by atoms with Gasteiger partial charge in [0.1, 0.15) is 0 Å². The van der Waals surface area contributed by atoms with Crippen molar-refractivity contribution in [2.24, 2.45) is 0 Å². The van der Waals surface area contributed by atoms with E-state index >= 15 is 0 Å². The van der Waals surface area contributed by atoms with Gasteiger partial charge in [0.25, 0.3) is 0 Å². The Balaban J connectivity index is 2.90. The molecule has 0 radical (unpaired) electrons. The molecule has 7 nitrogen and oxygen atoms in total. The Labute approximate surface area is 128 Å². The lowest BCUT2D eigenvalue weighted by molar-refractivity contribution is -0.0144. The smallest absolute Gasteiger partial charge is 0.0701 e. The van der Waals surface area contributed by atoms with Crippen LogP contribution in [0.3, 0.4) is 0 Å². The molecule has 0 aliphatic carbocycles. The molecule has 0 atom stereocenters. The molecule has 0 aliphatic heterocycles. The van der Waals surface area contributed by atoms with Gasteiger partial charge in [0.2, 0.25) is 0 Å². The van der Waals surface area contributed by atoms with Gasteiger partial charge >= 0.3 is 0 Å². The van der Waals surface area contributed by atoms with Crippen LogP contribution in [0.2, 0.25) is 0 Å². The average molecular weight is 309 g/mol. The summed E-state index contributed by atoms with van der Waals surface area (Å²) in [5, 5.41) is 3.01. The first-order valence-electron chi connectivity index (χ1n) is 7.44. The van der Waals surface area contributed by atoms with Crippen LogP contribution >= 0.6 is 0 Å². The van der Waals surface area contributed by atoms with E-state index in [9.17, 15) is 0 Å². The molecule has 0 aliphatic rings. The van der Waals surface area contributed by atoms with Crippen LogP contribution in [0.25, 0.3) is 0 Å². The second-order valence-corrected chi connectivity index (χ2v) is 4.16. The molecule has 0 saturated heterocycles. The molecule has 0 fully saturated rings. The summed E-state index contributed by atoms with van der Waals surface area (Å²) in [6.45, 7) is 7.46. The van der Waals surface area contributed by atoms with Crippen LogP contribution in [0.15, 0.2) is 0 Å². The highest BCUT2D eigenvalue weighted by molar-refractivity contribution is 4.38. The lowest BCUT2D eigenvalue weighted by Gasteiger charge is -2.07. The number of hydrogen-bond donors (Lipinski definition) is 1. The molecule has 0 heterocycles. The van der Waals surface area contributed by atoms with Gasteiger partial charge in [0.05, 0.1) is 72.7 Å². The summed E-state index contributed by atoms with van der Waals surface area (Å²) in [6, 6.07) is 0. The molecule has 0 aromatic rings. The van der Waals surface area contributed by atoms with Crippen LogP contribution in [0.4, 0.5) is 0 Å². The predicted octanol–water partition coefficient (Wildman–Crippen LogP) is -0.0648. The van der Waals surface area contributed by atoms with Crippen LogP contribution in [0.1, 0.15) is 0 Å². The van der Waals surface area contributed by atoms with Gasteiger partial charge in [0, 0.05) is 13.7 Å². The van der Waals surface area contributed by atoms with Crippen molar-refractivity contribution < 1.29 is 28.4 Å². The minimum Gasteiger partial charge on any atom is -0.382 e. The number of likely N-dealkylation sites (N-methyl/N-ethyl adjacent to an activating group) is 1. The Morgan fingerprint density at radius 3 is 1.19 bits per heavy atom. The van der Waals surface area contributed by atoms with Gasteiger partial charge in [-0.2, -0.15) is 0 Å². The van der Waals surface area contributed by atoms with Crippen LogP contribution in [-0.4, -0.2) is 93.4 Å². The third-order valence-electron chi connectivity index (χ3n) is 2.42. The Kier molecular flexibility index (Phi) is 19.5. The van der Waals surface area contributed by atoms with Gasteiger partial charge in [-0.05, 0) is 7.05 Å². The van der Waals surface area contributed by atoms with Gasteiger partial charge < -0.3 is 33.7 Å². The van der Waals surface area contributed by atoms with Crippen LogP contribution in [0, 0.1) is 0 Å². The van der Waals surface area contributed by atoms with Crippen LogP contribution < -0.4 is 5.32 Å². The highest BCUT2D eigenvalue weighted by Gasteiger charge is 1.93. The number of methoxy groups -OCH3 is 1. The van der Waals surface area contributed by atoms with Crippen molar-refractivity contribution in [2.45, 2.75) is 0 Å². The van der Waals surface area contributed by atoms with Crippen molar-refractivity contribution >= 4 is 0 Å². The van der Waals surface area contributed by atoms with Crippen molar-refractivity contribution in [3.63, 3.8) is 0 Å². The Morgan fingerprint density at radius 2 is 0.857 bits per heavy atom. The molecular weight excluding hydrogens is 278 g/mol. The summed E-state index contributed by atoms with van der Waals surface area (Å²) >= 11 is 0. The zero-order chi connectivity index (χ0) is 15.4. The fraction of sp³-hybridized carbons (Fsp3) is 1.00. The summed E-state index contributed by atoms with van der Waals surface area (Å²) < 4.78 is 31.5. The molecule has 0 aromatic heterocycles. The first kappa shape index (κ1) is 20.7. The maximum absolute atomic E-state index is 5.36. The summed E-state index contributed by atoms with van der Waals surface area (Å²) in [5.41, 5.74) is 0. The largest absolute Gasteiger partial charge is 0.382 e. The van der Waals surface area contributed by atoms with Gasteiger partial charge in [-0.3, -0.25) is 0 Å². The molecule has 0 unspecified atom stereocenters. The molecule has 21 heavy (non-hydrogen) atoms. The second-order valence-electron chi connectivity index (χ2n) is 4.16. The zero-order valence-corrected chi connectivity index (χ0v) is 13.4. The fourth-order valence-corrected chi connectivity index (χ4v) is 1.30. The van der Waals surface area contributed by atoms with E-state index in [1.54, 1.807) is 7.11 Å². The lowest BCUT2D eigenvalue weighted by Crippen LogP contribution is -2.17. The summed E-state index contributed by atoms with van der Waals surface area (Å²) in [7, 11) is 3.55. The monoisotopic (exact) mass is 309 g/mol. The molecule has 128 valence electrons. The maximum atomic E-state index is 5.36. The van der Waals surface area contributed by atoms with Crippen molar-refractivity contribution in [2.75, 3.05) is 93.4 Å². The van der Waals surface area contributed by atoms with E-state index in [4.69, 9.17) is 28.4 Å².